The van der Waals surface area contributed by atoms with Crippen LogP contribution in [-0.4, -0.2) is 22.9 Å². The van der Waals surface area contributed by atoms with E-state index in [2.05, 4.69) is 32.0 Å². The highest BCUT2D eigenvalue weighted by molar-refractivity contribution is 7.99. The van der Waals surface area contributed by atoms with Gasteiger partial charge in [-0.2, -0.15) is 0 Å². The highest BCUT2D eigenvalue weighted by Crippen LogP contribution is 2.25. The van der Waals surface area contributed by atoms with Crippen molar-refractivity contribution in [1.29, 1.82) is 0 Å². The standard InChI is InChI=1S/C18H19ClO3S/c1-12-3-8-17(13(2)11-12)23-10-9-16(18(20)21)22-15-6-4-14(19)5-7-15/h3-8,11,16H,9-10H2,1-2H3,(H,20,21). The number of carboxylic acids is 1. The fourth-order valence-corrected chi connectivity index (χ4v) is 3.28. The Bertz CT molecular complexity index is 670. The van der Waals surface area contributed by atoms with Gasteiger partial charge in [0, 0.05) is 22.1 Å². The quantitative estimate of drug-likeness (QED) is 0.716. The van der Waals surface area contributed by atoms with Gasteiger partial charge in [-0.1, -0.05) is 29.3 Å². The molecule has 2 rings (SSSR count). The third-order valence-corrected chi connectivity index (χ3v) is 4.80. The first kappa shape index (κ1) is 17.7. The van der Waals surface area contributed by atoms with Crippen LogP contribution in [0.5, 0.6) is 5.75 Å². The van der Waals surface area contributed by atoms with E-state index in [9.17, 15) is 9.90 Å². The topological polar surface area (TPSA) is 46.5 Å². The summed E-state index contributed by atoms with van der Waals surface area (Å²) in [6.07, 6.45) is -0.440. The second kappa shape index (κ2) is 8.27. The van der Waals surface area contributed by atoms with Gasteiger partial charge in [0.2, 0.25) is 0 Å². The third kappa shape index (κ3) is 5.48. The van der Waals surface area contributed by atoms with Crippen molar-refractivity contribution in [2.75, 3.05) is 5.75 Å². The van der Waals surface area contributed by atoms with E-state index in [1.54, 1.807) is 36.0 Å². The van der Waals surface area contributed by atoms with Gasteiger partial charge in [0.15, 0.2) is 6.10 Å². The molecule has 3 nitrogen and oxygen atoms in total. The zero-order valence-corrected chi connectivity index (χ0v) is 14.7. The number of rotatable bonds is 7. The van der Waals surface area contributed by atoms with E-state index in [0.29, 0.717) is 22.9 Å². The van der Waals surface area contributed by atoms with Gasteiger partial charge in [-0.05, 0) is 49.7 Å². The van der Waals surface area contributed by atoms with Crippen LogP contribution in [0.1, 0.15) is 17.5 Å². The summed E-state index contributed by atoms with van der Waals surface area (Å²) in [5.41, 5.74) is 2.43. The van der Waals surface area contributed by atoms with Gasteiger partial charge in [0.1, 0.15) is 5.75 Å². The molecule has 1 atom stereocenters. The lowest BCUT2D eigenvalue weighted by atomic mass is 10.2. The van der Waals surface area contributed by atoms with Crippen LogP contribution in [0.3, 0.4) is 0 Å². The minimum atomic E-state index is -0.957. The van der Waals surface area contributed by atoms with Gasteiger partial charge >= 0.3 is 5.97 Å². The number of halogens is 1. The van der Waals surface area contributed by atoms with Crippen molar-refractivity contribution >= 4 is 29.3 Å². The highest BCUT2D eigenvalue weighted by atomic mass is 35.5. The van der Waals surface area contributed by atoms with E-state index in [1.807, 2.05) is 0 Å². The minimum absolute atomic E-state index is 0.427. The van der Waals surface area contributed by atoms with E-state index in [-0.39, 0.29) is 0 Å². The molecule has 0 amide bonds. The third-order valence-electron chi connectivity index (χ3n) is 3.34. The summed E-state index contributed by atoms with van der Waals surface area (Å²) in [7, 11) is 0. The van der Waals surface area contributed by atoms with Crippen molar-refractivity contribution in [1.82, 2.24) is 0 Å². The van der Waals surface area contributed by atoms with Gasteiger partial charge in [-0.3, -0.25) is 0 Å². The molecule has 0 bridgehead atoms. The summed E-state index contributed by atoms with van der Waals surface area (Å²) in [5, 5.41) is 9.91. The monoisotopic (exact) mass is 350 g/mol. The first-order valence-corrected chi connectivity index (χ1v) is 8.67. The SMILES string of the molecule is Cc1ccc(SCCC(Oc2ccc(Cl)cc2)C(=O)O)c(C)c1. The van der Waals surface area contributed by atoms with Crippen LogP contribution in [0.25, 0.3) is 0 Å². The normalized spacial score (nSPS) is 12.0. The zero-order chi connectivity index (χ0) is 16.8. The van der Waals surface area contributed by atoms with Crippen LogP contribution in [-0.2, 0) is 4.79 Å². The van der Waals surface area contributed by atoms with Crippen molar-refractivity contribution < 1.29 is 14.6 Å². The maximum atomic E-state index is 11.4. The molecule has 1 N–H and O–H groups in total. The number of benzene rings is 2. The Hall–Kier alpha value is -1.65. The van der Waals surface area contributed by atoms with Gasteiger partial charge in [-0.25, -0.2) is 4.79 Å². The first-order valence-electron chi connectivity index (χ1n) is 7.31. The van der Waals surface area contributed by atoms with Crippen LogP contribution in [0.4, 0.5) is 0 Å². The lowest BCUT2D eigenvalue weighted by Gasteiger charge is -2.15. The number of thioether (sulfide) groups is 1. The van der Waals surface area contributed by atoms with E-state index >= 15 is 0 Å². The summed E-state index contributed by atoms with van der Waals surface area (Å²) in [6, 6.07) is 13.0. The van der Waals surface area contributed by atoms with Gasteiger partial charge < -0.3 is 9.84 Å². The largest absolute Gasteiger partial charge is 0.479 e. The average molecular weight is 351 g/mol. The fourth-order valence-electron chi connectivity index (χ4n) is 2.15. The van der Waals surface area contributed by atoms with E-state index in [0.717, 1.165) is 0 Å². The molecule has 2 aromatic rings. The Morgan fingerprint density at radius 3 is 2.52 bits per heavy atom. The van der Waals surface area contributed by atoms with Crippen LogP contribution < -0.4 is 4.74 Å². The molecule has 0 aliphatic carbocycles. The number of aliphatic carboxylic acids is 1. The highest BCUT2D eigenvalue weighted by Gasteiger charge is 2.19. The maximum absolute atomic E-state index is 11.4. The molecule has 0 saturated heterocycles. The van der Waals surface area contributed by atoms with Crippen LogP contribution in [0.15, 0.2) is 47.4 Å². The van der Waals surface area contributed by atoms with Gasteiger partial charge in [0.05, 0.1) is 0 Å². The molecule has 1 unspecified atom stereocenters. The van der Waals surface area contributed by atoms with E-state index < -0.39 is 12.1 Å². The average Bonchev–Trinajstić information content (AvgIpc) is 2.50. The van der Waals surface area contributed by atoms with Crippen LogP contribution in [0.2, 0.25) is 5.02 Å². The molecule has 0 spiro atoms. The Morgan fingerprint density at radius 2 is 1.91 bits per heavy atom. The number of hydrogen-bond donors (Lipinski definition) is 1. The van der Waals surface area contributed by atoms with Gasteiger partial charge in [-0.15, -0.1) is 11.8 Å². The van der Waals surface area contributed by atoms with Crippen molar-refractivity contribution in [2.24, 2.45) is 0 Å². The molecule has 0 saturated carbocycles. The summed E-state index contributed by atoms with van der Waals surface area (Å²) in [4.78, 5) is 12.5. The molecule has 23 heavy (non-hydrogen) atoms. The molecule has 2 aromatic carbocycles. The zero-order valence-electron chi connectivity index (χ0n) is 13.1. The van der Waals surface area contributed by atoms with Crippen molar-refractivity contribution in [3.63, 3.8) is 0 Å². The minimum Gasteiger partial charge on any atom is -0.479 e. The molecular formula is C18H19ClO3S. The molecule has 0 aliphatic rings. The number of carbonyl (C=O) groups is 1. The fraction of sp³-hybridized carbons (Fsp3) is 0.278. The lowest BCUT2D eigenvalue weighted by molar-refractivity contribution is -0.145. The molecule has 0 heterocycles. The Labute approximate surface area is 145 Å². The second-order valence-corrected chi connectivity index (χ2v) is 6.88. The molecule has 122 valence electrons. The predicted molar refractivity (Wildman–Crippen MR) is 94.8 cm³/mol. The molecule has 5 heteroatoms. The predicted octanol–water partition coefficient (Wildman–Crippen LogP) is 4.97. The van der Waals surface area contributed by atoms with Crippen molar-refractivity contribution in [2.45, 2.75) is 31.3 Å². The smallest absolute Gasteiger partial charge is 0.344 e. The van der Waals surface area contributed by atoms with Crippen molar-refractivity contribution in [3.05, 3.63) is 58.6 Å². The molecule has 0 aromatic heterocycles. The maximum Gasteiger partial charge on any atom is 0.344 e. The van der Waals surface area contributed by atoms with E-state index in [1.165, 1.54) is 16.0 Å². The van der Waals surface area contributed by atoms with Crippen molar-refractivity contribution in [3.8, 4) is 5.75 Å². The van der Waals surface area contributed by atoms with E-state index in [4.69, 9.17) is 16.3 Å². The Balaban J connectivity index is 1.92. The Kier molecular flexibility index (Phi) is 6.37. The number of aryl methyl sites for hydroxylation is 2. The molecule has 0 aliphatic heterocycles. The molecule has 0 fully saturated rings. The van der Waals surface area contributed by atoms with Crippen LogP contribution >= 0.6 is 23.4 Å². The first-order chi connectivity index (χ1) is 11.0. The number of carboxylic acid groups (broad SMARTS) is 1. The molecule has 0 radical (unpaired) electrons. The number of ether oxygens (including phenoxy) is 1. The summed E-state index contributed by atoms with van der Waals surface area (Å²) in [6.45, 7) is 4.12. The summed E-state index contributed by atoms with van der Waals surface area (Å²) >= 11 is 7.46. The lowest BCUT2D eigenvalue weighted by Crippen LogP contribution is -2.27. The second-order valence-electron chi connectivity index (χ2n) is 5.30. The van der Waals surface area contributed by atoms with Gasteiger partial charge in [0.25, 0.3) is 0 Å². The van der Waals surface area contributed by atoms with Crippen LogP contribution in [0, 0.1) is 13.8 Å². The number of hydrogen-bond acceptors (Lipinski definition) is 3. The molecular weight excluding hydrogens is 332 g/mol. The Morgan fingerprint density at radius 1 is 1.22 bits per heavy atom. The summed E-state index contributed by atoms with van der Waals surface area (Å²) < 4.78 is 5.55. The summed E-state index contributed by atoms with van der Waals surface area (Å²) in [5.74, 6) is 0.230.